The normalized spacial score (nSPS) is 14.2. The summed E-state index contributed by atoms with van der Waals surface area (Å²) in [6.07, 6.45) is 1.62. The molecule has 0 amide bonds. The number of hydrogen-bond acceptors (Lipinski definition) is 8. The highest BCUT2D eigenvalue weighted by Gasteiger charge is 2.25. The first kappa shape index (κ1) is 23.7. The Morgan fingerprint density at radius 1 is 0.971 bits per heavy atom. The monoisotopic (exact) mass is 466 g/mol. The van der Waals surface area contributed by atoms with Crippen molar-refractivity contribution in [3.05, 3.63) is 59.9 Å². The molecular weight excluding hydrogens is 436 g/mol. The summed E-state index contributed by atoms with van der Waals surface area (Å²) in [5, 5.41) is 9.25. The minimum absolute atomic E-state index is 0.142. The Morgan fingerprint density at radius 3 is 2.24 bits per heavy atom. The second-order valence-electron chi connectivity index (χ2n) is 8.00. The molecule has 2 heterocycles. The van der Waals surface area contributed by atoms with Gasteiger partial charge in [0.25, 0.3) is 0 Å². The van der Waals surface area contributed by atoms with E-state index in [-0.39, 0.29) is 12.4 Å². The smallest absolute Gasteiger partial charge is 0.203 e. The second kappa shape index (κ2) is 10.6. The molecule has 2 aromatic carbocycles. The standard InChI is InChI=1S/C26H30N2O6/c1-31-23-16-19(17-24(32-2)26(23)33-3)25(30)20-15-18(22-5-4-14-34-22)6-7-21(20)28-10-8-27(9-11-28)12-13-29/h4-7,14-17,29H,8-13H2,1-3H3. The molecule has 0 radical (unpaired) electrons. The molecule has 0 saturated carbocycles. The Balaban J connectivity index is 1.76. The van der Waals surface area contributed by atoms with Crippen LogP contribution in [0.15, 0.2) is 53.1 Å². The van der Waals surface area contributed by atoms with Crippen molar-refractivity contribution in [2.75, 3.05) is 65.6 Å². The van der Waals surface area contributed by atoms with Gasteiger partial charge in [0.05, 0.1) is 34.2 Å². The summed E-state index contributed by atoms with van der Waals surface area (Å²) in [4.78, 5) is 18.3. The summed E-state index contributed by atoms with van der Waals surface area (Å²) < 4.78 is 21.9. The fraction of sp³-hybridized carbons (Fsp3) is 0.346. The zero-order valence-corrected chi connectivity index (χ0v) is 19.7. The molecule has 34 heavy (non-hydrogen) atoms. The predicted molar refractivity (Wildman–Crippen MR) is 129 cm³/mol. The number of piperazine rings is 1. The molecule has 0 atom stereocenters. The Labute approximate surface area is 199 Å². The molecule has 0 spiro atoms. The van der Waals surface area contributed by atoms with Gasteiger partial charge in [0.2, 0.25) is 5.75 Å². The van der Waals surface area contributed by atoms with Crippen LogP contribution in [0.4, 0.5) is 5.69 Å². The third-order valence-electron chi connectivity index (χ3n) is 6.10. The number of hydrogen-bond donors (Lipinski definition) is 1. The molecule has 1 aliphatic rings. The van der Waals surface area contributed by atoms with Gasteiger partial charge >= 0.3 is 0 Å². The molecule has 0 unspecified atom stereocenters. The molecule has 1 aliphatic heterocycles. The average Bonchev–Trinajstić information content (AvgIpc) is 3.43. The first-order valence-electron chi connectivity index (χ1n) is 11.2. The summed E-state index contributed by atoms with van der Waals surface area (Å²) in [5.74, 6) is 1.82. The topological polar surface area (TPSA) is 84.6 Å². The van der Waals surface area contributed by atoms with E-state index in [9.17, 15) is 9.90 Å². The van der Waals surface area contributed by atoms with E-state index in [0.29, 0.717) is 40.7 Å². The maximum atomic E-state index is 13.9. The van der Waals surface area contributed by atoms with Crippen LogP contribution in [0.3, 0.4) is 0 Å². The molecule has 1 N–H and O–H groups in total. The number of methoxy groups -OCH3 is 3. The van der Waals surface area contributed by atoms with Gasteiger partial charge < -0.3 is 28.6 Å². The summed E-state index contributed by atoms with van der Waals surface area (Å²) in [6.45, 7) is 3.95. The van der Waals surface area contributed by atoms with E-state index in [2.05, 4.69) is 9.80 Å². The minimum atomic E-state index is -0.152. The lowest BCUT2D eigenvalue weighted by Gasteiger charge is -2.36. The Hall–Kier alpha value is -3.49. The molecule has 8 nitrogen and oxygen atoms in total. The van der Waals surface area contributed by atoms with Crippen molar-refractivity contribution < 1.29 is 28.5 Å². The Morgan fingerprint density at radius 2 is 1.68 bits per heavy atom. The number of carbonyl (C=O) groups is 1. The van der Waals surface area contributed by atoms with Crippen LogP contribution in [0.5, 0.6) is 17.2 Å². The lowest BCUT2D eigenvalue weighted by Crippen LogP contribution is -2.47. The van der Waals surface area contributed by atoms with Gasteiger partial charge in [-0.25, -0.2) is 0 Å². The maximum absolute atomic E-state index is 13.9. The summed E-state index contributed by atoms with van der Waals surface area (Å²) >= 11 is 0. The van der Waals surface area contributed by atoms with E-state index in [1.165, 1.54) is 21.3 Å². The number of anilines is 1. The van der Waals surface area contributed by atoms with Gasteiger partial charge in [0, 0.05) is 55.1 Å². The van der Waals surface area contributed by atoms with Gasteiger partial charge in [-0.05, 0) is 42.5 Å². The zero-order valence-electron chi connectivity index (χ0n) is 19.7. The number of nitrogens with zero attached hydrogens (tertiary/aromatic N) is 2. The van der Waals surface area contributed by atoms with Gasteiger partial charge in [-0.3, -0.25) is 9.69 Å². The number of benzene rings is 2. The number of aliphatic hydroxyl groups excluding tert-OH is 1. The van der Waals surface area contributed by atoms with Gasteiger partial charge in [0.1, 0.15) is 5.76 Å². The van der Waals surface area contributed by atoms with Crippen LogP contribution < -0.4 is 19.1 Å². The SMILES string of the molecule is COc1cc(C(=O)c2cc(-c3ccco3)ccc2N2CCN(CCO)CC2)cc(OC)c1OC. The molecule has 8 heteroatoms. The number of ketones is 1. The highest BCUT2D eigenvalue weighted by Crippen LogP contribution is 2.39. The van der Waals surface area contributed by atoms with Crippen molar-refractivity contribution in [3.8, 4) is 28.6 Å². The van der Waals surface area contributed by atoms with Crippen LogP contribution in [-0.2, 0) is 0 Å². The van der Waals surface area contributed by atoms with Gasteiger partial charge in [-0.2, -0.15) is 0 Å². The molecule has 1 saturated heterocycles. The van der Waals surface area contributed by atoms with Crippen LogP contribution in [0.1, 0.15) is 15.9 Å². The van der Waals surface area contributed by atoms with Crippen molar-refractivity contribution in [3.63, 3.8) is 0 Å². The number of carbonyl (C=O) groups excluding carboxylic acids is 1. The van der Waals surface area contributed by atoms with Crippen molar-refractivity contribution >= 4 is 11.5 Å². The summed E-state index contributed by atoms with van der Waals surface area (Å²) in [7, 11) is 4.59. The first-order valence-corrected chi connectivity index (χ1v) is 11.2. The number of β-amino-alcohol motifs (C(OH)–C–C–N with tert-alkyl or cyclic N) is 1. The van der Waals surface area contributed by atoms with E-state index < -0.39 is 0 Å². The van der Waals surface area contributed by atoms with E-state index >= 15 is 0 Å². The van der Waals surface area contributed by atoms with Crippen molar-refractivity contribution in [1.29, 1.82) is 0 Å². The van der Waals surface area contributed by atoms with E-state index in [1.54, 1.807) is 18.4 Å². The summed E-state index contributed by atoms with van der Waals surface area (Å²) in [6, 6.07) is 12.9. The van der Waals surface area contributed by atoms with Crippen LogP contribution in [0, 0.1) is 0 Å². The van der Waals surface area contributed by atoms with Gasteiger partial charge in [0.15, 0.2) is 17.3 Å². The lowest BCUT2D eigenvalue weighted by atomic mass is 9.97. The Kier molecular flexibility index (Phi) is 7.40. The van der Waals surface area contributed by atoms with E-state index in [1.807, 2.05) is 30.3 Å². The predicted octanol–water partition coefficient (Wildman–Crippen LogP) is 3.32. The second-order valence-corrected chi connectivity index (χ2v) is 8.00. The number of aliphatic hydroxyl groups is 1. The van der Waals surface area contributed by atoms with Gasteiger partial charge in [-0.1, -0.05) is 0 Å². The number of rotatable bonds is 9. The van der Waals surface area contributed by atoms with E-state index in [4.69, 9.17) is 18.6 Å². The van der Waals surface area contributed by atoms with Crippen molar-refractivity contribution in [2.45, 2.75) is 0 Å². The minimum Gasteiger partial charge on any atom is -0.493 e. The summed E-state index contributed by atoms with van der Waals surface area (Å²) in [5.41, 5.74) is 2.69. The third-order valence-corrected chi connectivity index (χ3v) is 6.10. The molecule has 1 fully saturated rings. The quantitative estimate of drug-likeness (QED) is 0.481. The number of furan rings is 1. The fourth-order valence-electron chi connectivity index (χ4n) is 4.31. The van der Waals surface area contributed by atoms with Crippen LogP contribution in [0.25, 0.3) is 11.3 Å². The largest absolute Gasteiger partial charge is 0.493 e. The van der Waals surface area contributed by atoms with E-state index in [0.717, 1.165) is 37.4 Å². The van der Waals surface area contributed by atoms with Gasteiger partial charge in [-0.15, -0.1) is 0 Å². The highest BCUT2D eigenvalue weighted by molar-refractivity contribution is 6.13. The third kappa shape index (κ3) is 4.73. The van der Waals surface area contributed by atoms with Crippen LogP contribution >= 0.6 is 0 Å². The van der Waals surface area contributed by atoms with Crippen molar-refractivity contribution in [2.24, 2.45) is 0 Å². The molecule has 0 aliphatic carbocycles. The molecule has 1 aromatic heterocycles. The Bertz CT molecular complexity index is 1100. The maximum Gasteiger partial charge on any atom is 0.203 e. The molecule has 3 aromatic rings. The van der Waals surface area contributed by atoms with Crippen LogP contribution in [0.2, 0.25) is 0 Å². The first-order chi connectivity index (χ1) is 16.6. The average molecular weight is 467 g/mol. The molecular formula is C26H30N2O6. The molecule has 0 bridgehead atoms. The lowest BCUT2D eigenvalue weighted by molar-refractivity contribution is 0.103. The fourth-order valence-corrected chi connectivity index (χ4v) is 4.31. The molecule has 180 valence electrons. The number of ether oxygens (including phenoxy) is 3. The van der Waals surface area contributed by atoms with Crippen molar-refractivity contribution in [1.82, 2.24) is 4.90 Å². The zero-order chi connectivity index (χ0) is 24.1. The van der Waals surface area contributed by atoms with Crippen LogP contribution in [-0.4, -0.2) is 76.4 Å². The molecule has 4 rings (SSSR count). The highest BCUT2D eigenvalue weighted by atomic mass is 16.5.